The summed E-state index contributed by atoms with van der Waals surface area (Å²) < 4.78 is 51.2. The van der Waals surface area contributed by atoms with E-state index in [9.17, 15) is 18.0 Å². The Bertz CT molecular complexity index is 778. The quantitative estimate of drug-likeness (QED) is 0.287. The molecule has 1 aromatic carbocycles. The average Bonchev–Trinajstić information content (AvgIpc) is 2.76. The van der Waals surface area contributed by atoms with Gasteiger partial charge in [0.05, 0.1) is 11.6 Å². The molecule has 5 nitrogen and oxygen atoms in total. The number of aliphatic imine (C=N–C) groups is 1. The molecule has 0 bridgehead atoms. The van der Waals surface area contributed by atoms with Gasteiger partial charge < -0.3 is 14.8 Å². The summed E-state index contributed by atoms with van der Waals surface area (Å²) in [5.41, 5.74) is -1.33. The molecule has 1 aliphatic heterocycles. The van der Waals surface area contributed by atoms with Crippen molar-refractivity contribution in [2.45, 2.75) is 71.4 Å². The number of halogens is 3. The summed E-state index contributed by atoms with van der Waals surface area (Å²) in [6.07, 6.45) is 1.46. The molecule has 2 atom stereocenters. The van der Waals surface area contributed by atoms with E-state index in [2.05, 4.69) is 10.3 Å². The summed E-state index contributed by atoms with van der Waals surface area (Å²) in [6.45, 7) is 6.49. The van der Waals surface area contributed by atoms with Crippen LogP contribution in [-0.2, 0) is 20.4 Å². The van der Waals surface area contributed by atoms with Gasteiger partial charge in [-0.1, -0.05) is 43.8 Å². The van der Waals surface area contributed by atoms with Crippen LogP contribution in [0.5, 0.6) is 0 Å². The third-order valence-corrected chi connectivity index (χ3v) is 6.04. The number of alkyl halides is 3. The highest BCUT2D eigenvalue weighted by Crippen LogP contribution is 2.35. The van der Waals surface area contributed by atoms with Gasteiger partial charge in [0.25, 0.3) is 0 Å². The molecule has 1 N–H and O–H groups in total. The van der Waals surface area contributed by atoms with Crippen LogP contribution < -0.4 is 5.32 Å². The SMILES string of the molecule is CSC(=N[C@@H](C)c1ccccc1C(F)(F)F)NC(=O)C(C)(C)CCCOC1CCCCO1. The van der Waals surface area contributed by atoms with E-state index < -0.39 is 23.2 Å². The van der Waals surface area contributed by atoms with Crippen molar-refractivity contribution in [3.8, 4) is 0 Å². The molecule has 0 aliphatic carbocycles. The molecule has 1 amide bonds. The molecule has 0 spiro atoms. The van der Waals surface area contributed by atoms with E-state index in [1.54, 1.807) is 19.2 Å². The number of carbonyl (C=O) groups is 1. The van der Waals surface area contributed by atoms with E-state index in [4.69, 9.17) is 9.47 Å². The molecule has 1 aromatic rings. The Balaban J connectivity index is 1.95. The van der Waals surface area contributed by atoms with Crippen LogP contribution in [0.1, 0.15) is 70.0 Å². The first kappa shape index (κ1) is 26.7. The lowest BCUT2D eigenvalue weighted by Gasteiger charge is -2.26. The van der Waals surface area contributed by atoms with Crippen LogP contribution in [0.15, 0.2) is 29.3 Å². The number of rotatable bonds is 8. The van der Waals surface area contributed by atoms with Crippen molar-refractivity contribution in [3.63, 3.8) is 0 Å². The lowest BCUT2D eigenvalue weighted by Crippen LogP contribution is -2.39. The summed E-state index contributed by atoms with van der Waals surface area (Å²) in [5, 5.41) is 3.07. The van der Waals surface area contributed by atoms with Crippen molar-refractivity contribution in [1.82, 2.24) is 5.32 Å². The van der Waals surface area contributed by atoms with Crippen molar-refractivity contribution < 1.29 is 27.4 Å². The zero-order valence-corrected chi connectivity index (χ0v) is 19.9. The van der Waals surface area contributed by atoms with Crippen LogP contribution in [0.4, 0.5) is 13.2 Å². The molecule has 2 rings (SSSR count). The van der Waals surface area contributed by atoms with E-state index in [1.165, 1.54) is 23.9 Å². The second-order valence-corrected chi connectivity index (χ2v) is 9.30. The van der Waals surface area contributed by atoms with Gasteiger partial charge >= 0.3 is 6.18 Å². The molecule has 1 heterocycles. The Labute approximate surface area is 192 Å². The number of benzene rings is 1. The summed E-state index contributed by atoms with van der Waals surface area (Å²) in [7, 11) is 0. The van der Waals surface area contributed by atoms with Crippen LogP contribution in [0.25, 0.3) is 0 Å². The smallest absolute Gasteiger partial charge is 0.353 e. The van der Waals surface area contributed by atoms with Crippen LogP contribution >= 0.6 is 11.8 Å². The fraction of sp³-hybridized carbons (Fsp3) is 0.652. The lowest BCUT2D eigenvalue weighted by atomic mass is 9.87. The normalized spacial score (nSPS) is 19.0. The number of nitrogens with one attached hydrogen (secondary N) is 1. The fourth-order valence-electron chi connectivity index (χ4n) is 3.45. The summed E-state index contributed by atoms with van der Waals surface area (Å²) in [4.78, 5) is 17.2. The Morgan fingerprint density at radius 3 is 2.66 bits per heavy atom. The van der Waals surface area contributed by atoms with Gasteiger partial charge in [-0.25, -0.2) is 0 Å². The Morgan fingerprint density at radius 1 is 1.31 bits per heavy atom. The number of nitrogens with zero attached hydrogens (tertiary/aromatic N) is 1. The van der Waals surface area contributed by atoms with Gasteiger partial charge in [-0.05, 0) is 56.9 Å². The number of amidine groups is 1. The van der Waals surface area contributed by atoms with Gasteiger partial charge in [-0.3, -0.25) is 9.79 Å². The third kappa shape index (κ3) is 8.08. The zero-order chi connectivity index (χ0) is 23.8. The largest absolute Gasteiger partial charge is 0.416 e. The lowest BCUT2D eigenvalue weighted by molar-refractivity contribution is -0.163. The fourth-order valence-corrected chi connectivity index (χ4v) is 3.91. The van der Waals surface area contributed by atoms with E-state index >= 15 is 0 Å². The van der Waals surface area contributed by atoms with Crippen LogP contribution in [0, 0.1) is 5.41 Å². The number of ether oxygens (including phenoxy) is 2. The highest BCUT2D eigenvalue weighted by Gasteiger charge is 2.34. The predicted molar refractivity (Wildman–Crippen MR) is 122 cm³/mol. The predicted octanol–water partition coefficient (Wildman–Crippen LogP) is 5.95. The monoisotopic (exact) mass is 474 g/mol. The highest BCUT2D eigenvalue weighted by atomic mass is 32.2. The first-order valence-corrected chi connectivity index (χ1v) is 12.1. The van der Waals surface area contributed by atoms with Crippen LogP contribution in [-0.4, -0.2) is 36.8 Å². The molecular weight excluding hydrogens is 441 g/mol. The van der Waals surface area contributed by atoms with Crippen molar-refractivity contribution in [1.29, 1.82) is 0 Å². The molecule has 0 radical (unpaired) electrons. The summed E-state index contributed by atoms with van der Waals surface area (Å²) in [5.74, 6) is -0.226. The molecule has 0 saturated carbocycles. The molecule has 1 aliphatic rings. The van der Waals surface area contributed by atoms with Crippen LogP contribution in [0.2, 0.25) is 0 Å². The van der Waals surface area contributed by atoms with Crippen molar-refractivity contribution in [2.24, 2.45) is 10.4 Å². The van der Waals surface area contributed by atoms with Gasteiger partial charge in [-0.2, -0.15) is 13.2 Å². The molecule has 0 aromatic heterocycles. The number of carbonyl (C=O) groups excluding carboxylic acids is 1. The number of hydrogen-bond acceptors (Lipinski definition) is 5. The molecule has 1 saturated heterocycles. The minimum Gasteiger partial charge on any atom is -0.353 e. The zero-order valence-electron chi connectivity index (χ0n) is 19.1. The molecule has 180 valence electrons. The Kier molecular flexibility index (Phi) is 10.0. The maximum absolute atomic E-state index is 13.3. The van der Waals surface area contributed by atoms with Crippen molar-refractivity contribution >= 4 is 22.8 Å². The molecular formula is C23H33F3N2O3S. The van der Waals surface area contributed by atoms with E-state index in [-0.39, 0.29) is 17.8 Å². The summed E-state index contributed by atoms with van der Waals surface area (Å²) >= 11 is 1.19. The minimum absolute atomic E-state index is 0.0714. The van der Waals surface area contributed by atoms with Crippen molar-refractivity contribution in [3.05, 3.63) is 35.4 Å². The second-order valence-electron chi connectivity index (χ2n) is 8.51. The first-order valence-electron chi connectivity index (χ1n) is 10.9. The van der Waals surface area contributed by atoms with Gasteiger partial charge in [-0.15, -0.1) is 0 Å². The average molecular weight is 475 g/mol. The third-order valence-electron chi connectivity index (χ3n) is 5.44. The first-order chi connectivity index (χ1) is 15.0. The second kappa shape index (κ2) is 12.0. The van der Waals surface area contributed by atoms with Gasteiger partial charge in [0.1, 0.15) is 0 Å². The van der Waals surface area contributed by atoms with E-state index in [0.29, 0.717) is 24.6 Å². The highest BCUT2D eigenvalue weighted by molar-refractivity contribution is 8.13. The Hall–Kier alpha value is -1.58. The number of amides is 1. The molecule has 9 heteroatoms. The Morgan fingerprint density at radius 2 is 2.03 bits per heavy atom. The number of thioether (sulfide) groups is 1. The maximum atomic E-state index is 13.3. The molecule has 1 unspecified atom stereocenters. The molecule has 32 heavy (non-hydrogen) atoms. The van der Waals surface area contributed by atoms with E-state index in [0.717, 1.165) is 31.9 Å². The summed E-state index contributed by atoms with van der Waals surface area (Å²) in [6, 6.07) is 4.60. The van der Waals surface area contributed by atoms with Gasteiger partial charge in [0.2, 0.25) is 5.91 Å². The maximum Gasteiger partial charge on any atom is 0.416 e. The van der Waals surface area contributed by atoms with Crippen molar-refractivity contribution in [2.75, 3.05) is 19.5 Å². The topological polar surface area (TPSA) is 59.9 Å². The number of hydrogen-bond donors (Lipinski definition) is 1. The standard InChI is InChI=1S/C23H33F3N2O3S/c1-16(17-10-5-6-11-18(17)23(24,25)26)27-21(32-4)28-20(29)22(2,3)13-9-15-31-19-12-7-8-14-30-19/h5-6,10-11,16,19H,7-9,12-15H2,1-4H3,(H,27,28,29)/t16-,19?/m0/s1. The van der Waals surface area contributed by atoms with Crippen LogP contribution in [0.3, 0.4) is 0 Å². The molecule has 1 fully saturated rings. The minimum atomic E-state index is -4.46. The van der Waals surface area contributed by atoms with Gasteiger partial charge in [0.15, 0.2) is 11.5 Å². The van der Waals surface area contributed by atoms with Gasteiger partial charge in [0, 0.05) is 18.6 Å². The van der Waals surface area contributed by atoms with E-state index in [1.807, 2.05) is 13.8 Å².